The number of aromatic nitrogens is 3. The maximum atomic E-state index is 6.67. The van der Waals surface area contributed by atoms with Gasteiger partial charge in [-0.3, -0.25) is 0 Å². The van der Waals surface area contributed by atoms with Gasteiger partial charge >= 0.3 is 0 Å². The van der Waals surface area contributed by atoms with Gasteiger partial charge in [-0.2, -0.15) is 11.8 Å². The Hall–Kier alpha value is -2.20. The van der Waals surface area contributed by atoms with Crippen LogP contribution in [0.4, 0.5) is 11.8 Å². The van der Waals surface area contributed by atoms with Crippen LogP contribution in [0.25, 0.3) is 22.2 Å². The lowest BCUT2D eigenvalue weighted by molar-refractivity contribution is 0.195. The highest BCUT2D eigenvalue weighted by Crippen LogP contribution is 2.46. The Morgan fingerprint density at radius 3 is 2.56 bits per heavy atom. The Bertz CT molecular complexity index is 1130. The summed E-state index contributed by atoms with van der Waals surface area (Å²) in [6, 6.07) is 3.73. The summed E-state index contributed by atoms with van der Waals surface area (Å²) >= 11 is 15.2. The van der Waals surface area contributed by atoms with Gasteiger partial charge < -0.3 is 24.8 Å². The Labute approximate surface area is 213 Å². The van der Waals surface area contributed by atoms with Crippen LogP contribution in [-0.4, -0.2) is 66.5 Å². The topological polar surface area (TPSA) is 90.4 Å². The molecule has 1 saturated heterocycles. The summed E-state index contributed by atoms with van der Waals surface area (Å²) in [7, 11) is 3.09. The van der Waals surface area contributed by atoms with Crippen molar-refractivity contribution in [1.82, 2.24) is 15.0 Å². The number of hydrogen-bond donors (Lipinski definition) is 2. The molecule has 1 atom stereocenters. The molecule has 1 unspecified atom stereocenters. The number of anilines is 2. The van der Waals surface area contributed by atoms with Crippen molar-refractivity contribution in [2.75, 3.05) is 56.1 Å². The molecule has 34 heavy (non-hydrogen) atoms. The minimum atomic E-state index is 0.198. The molecule has 8 nitrogen and oxygen atoms in total. The lowest BCUT2D eigenvalue weighted by atomic mass is 10.1. The first kappa shape index (κ1) is 24.9. The van der Waals surface area contributed by atoms with Crippen LogP contribution in [0.3, 0.4) is 0 Å². The highest BCUT2D eigenvalue weighted by Gasteiger charge is 2.22. The van der Waals surface area contributed by atoms with E-state index in [-0.39, 0.29) is 6.04 Å². The van der Waals surface area contributed by atoms with Crippen molar-refractivity contribution < 1.29 is 14.2 Å². The lowest BCUT2D eigenvalue weighted by Crippen LogP contribution is -2.20. The van der Waals surface area contributed by atoms with Crippen LogP contribution >= 0.6 is 35.0 Å². The second-order valence-electron chi connectivity index (χ2n) is 7.60. The summed E-state index contributed by atoms with van der Waals surface area (Å²) in [5, 5.41) is 8.29. The Morgan fingerprint density at radius 1 is 1.15 bits per heavy atom. The number of methoxy groups -OCH3 is 2. The number of benzene rings is 1. The number of halogens is 2. The van der Waals surface area contributed by atoms with Crippen molar-refractivity contribution in [3.63, 3.8) is 0 Å². The quantitative estimate of drug-likeness (QED) is 0.339. The van der Waals surface area contributed by atoms with Gasteiger partial charge in [0.1, 0.15) is 17.0 Å². The summed E-state index contributed by atoms with van der Waals surface area (Å²) in [5.74, 6) is 4.05. The molecule has 0 spiro atoms. The third-order valence-electron chi connectivity index (χ3n) is 5.40. The van der Waals surface area contributed by atoms with Crippen LogP contribution in [0.2, 0.25) is 10.0 Å². The smallest absolute Gasteiger partial charge is 0.223 e. The second kappa shape index (κ2) is 11.5. The molecule has 4 rings (SSSR count). The number of ether oxygens (including phenoxy) is 3. The first-order valence-electron chi connectivity index (χ1n) is 11.0. The van der Waals surface area contributed by atoms with Gasteiger partial charge in [0, 0.05) is 42.1 Å². The fraction of sp³-hybridized carbons (Fsp3) is 0.435. The molecule has 0 amide bonds. The molecule has 3 heterocycles. The van der Waals surface area contributed by atoms with Crippen molar-refractivity contribution in [3.8, 4) is 22.8 Å². The van der Waals surface area contributed by atoms with E-state index in [0.717, 1.165) is 36.5 Å². The fourth-order valence-corrected chi connectivity index (χ4v) is 4.92. The fourth-order valence-electron chi connectivity index (χ4n) is 3.69. The molecule has 182 valence electrons. The molecule has 1 aromatic carbocycles. The van der Waals surface area contributed by atoms with Crippen molar-refractivity contribution in [2.45, 2.75) is 19.4 Å². The molecule has 3 aromatic rings. The van der Waals surface area contributed by atoms with Gasteiger partial charge in [-0.25, -0.2) is 15.0 Å². The van der Waals surface area contributed by atoms with E-state index in [4.69, 9.17) is 47.4 Å². The molecule has 0 bridgehead atoms. The first-order chi connectivity index (χ1) is 16.5. The monoisotopic (exact) mass is 523 g/mol. The summed E-state index contributed by atoms with van der Waals surface area (Å²) in [6.45, 7) is 4.25. The van der Waals surface area contributed by atoms with Crippen LogP contribution in [-0.2, 0) is 4.74 Å². The molecule has 0 aliphatic carbocycles. The summed E-state index contributed by atoms with van der Waals surface area (Å²) in [6.07, 6.45) is 2.70. The van der Waals surface area contributed by atoms with E-state index < -0.39 is 0 Å². The minimum absolute atomic E-state index is 0.198. The molecule has 2 N–H and O–H groups in total. The van der Waals surface area contributed by atoms with Crippen LogP contribution < -0.4 is 20.1 Å². The number of nitrogens with zero attached hydrogens (tertiary/aromatic N) is 3. The number of pyridine rings is 1. The van der Waals surface area contributed by atoms with Crippen molar-refractivity contribution in [2.24, 2.45) is 0 Å². The van der Waals surface area contributed by atoms with E-state index in [1.54, 1.807) is 26.5 Å². The highest BCUT2D eigenvalue weighted by molar-refractivity contribution is 7.99. The van der Waals surface area contributed by atoms with Gasteiger partial charge in [0.2, 0.25) is 5.95 Å². The zero-order valence-electron chi connectivity index (χ0n) is 19.3. The van der Waals surface area contributed by atoms with E-state index in [0.29, 0.717) is 56.7 Å². The van der Waals surface area contributed by atoms with Crippen molar-refractivity contribution >= 4 is 57.6 Å². The first-order valence-corrected chi connectivity index (χ1v) is 12.9. The summed E-state index contributed by atoms with van der Waals surface area (Å²) in [5.41, 5.74) is 1.81. The Balaban J connectivity index is 1.80. The van der Waals surface area contributed by atoms with E-state index in [2.05, 4.69) is 22.5 Å². The Morgan fingerprint density at radius 2 is 1.91 bits per heavy atom. The van der Waals surface area contributed by atoms with E-state index in [1.165, 1.54) is 0 Å². The maximum absolute atomic E-state index is 6.67. The molecule has 0 saturated carbocycles. The molecule has 2 aromatic heterocycles. The van der Waals surface area contributed by atoms with Gasteiger partial charge in [0.15, 0.2) is 5.82 Å². The molecular formula is C23H27Cl2N5O3S. The second-order valence-corrected chi connectivity index (χ2v) is 9.75. The molecule has 1 fully saturated rings. The van der Waals surface area contributed by atoms with Crippen LogP contribution in [0.5, 0.6) is 11.5 Å². The molecule has 1 aliphatic heterocycles. The average molecular weight is 524 g/mol. The van der Waals surface area contributed by atoms with Crippen molar-refractivity contribution in [1.29, 1.82) is 0 Å². The SMILES string of the molecule is CCSCCNc1nc(-c2c(Cl)c(OC)cc(OC)c2Cl)cc2cnc(NC3CCOC3)nc12. The standard InChI is InChI=1S/C23H27Cl2N5O3S/c1-4-34-8-6-26-22-21-13(11-27-23(30-21)28-14-5-7-33-12-14)9-15(29-22)18-19(24)16(31-2)10-17(32-3)20(18)25/h9-11,14H,4-8,12H2,1-3H3,(H,26,29)(H,27,28,30). The highest BCUT2D eigenvalue weighted by atomic mass is 35.5. The number of fused-ring (bicyclic) bond motifs is 1. The van der Waals surface area contributed by atoms with Crippen LogP contribution in [0, 0.1) is 0 Å². The predicted octanol–water partition coefficient (Wildman–Crippen LogP) is 5.38. The van der Waals surface area contributed by atoms with E-state index >= 15 is 0 Å². The summed E-state index contributed by atoms with van der Waals surface area (Å²) < 4.78 is 16.3. The van der Waals surface area contributed by atoms with Gasteiger partial charge in [-0.15, -0.1) is 0 Å². The number of hydrogen-bond acceptors (Lipinski definition) is 9. The van der Waals surface area contributed by atoms with E-state index in [1.807, 2.05) is 17.8 Å². The van der Waals surface area contributed by atoms with Crippen LogP contribution in [0.15, 0.2) is 18.3 Å². The van der Waals surface area contributed by atoms with Gasteiger partial charge in [-0.05, 0) is 18.2 Å². The molecular weight excluding hydrogens is 497 g/mol. The maximum Gasteiger partial charge on any atom is 0.223 e. The molecule has 1 aliphatic rings. The van der Waals surface area contributed by atoms with E-state index in [9.17, 15) is 0 Å². The predicted molar refractivity (Wildman–Crippen MR) is 140 cm³/mol. The lowest BCUT2D eigenvalue weighted by Gasteiger charge is -2.17. The zero-order chi connectivity index (χ0) is 24.1. The molecule has 0 radical (unpaired) electrons. The number of nitrogens with one attached hydrogen (secondary N) is 2. The Kier molecular flexibility index (Phi) is 8.41. The third-order valence-corrected chi connectivity index (χ3v) is 7.05. The average Bonchev–Trinajstić information content (AvgIpc) is 3.35. The number of rotatable bonds is 10. The largest absolute Gasteiger partial charge is 0.495 e. The van der Waals surface area contributed by atoms with Gasteiger partial charge in [-0.1, -0.05) is 30.1 Å². The minimum Gasteiger partial charge on any atom is -0.495 e. The third kappa shape index (κ3) is 5.38. The van der Waals surface area contributed by atoms with Crippen LogP contribution in [0.1, 0.15) is 13.3 Å². The normalized spacial score (nSPS) is 15.5. The number of thioether (sulfide) groups is 1. The molecule has 11 heteroatoms. The zero-order valence-corrected chi connectivity index (χ0v) is 21.6. The summed E-state index contributed by atoms with van der Waals surface area (Å²) in [4.78, 5) is 14.1. The van der Waals surface area contributed by atoms with Gasteiger partial charge in [0.05, 0.1) is 42.6 Å². The van der Waals surface area contributed by atoms with Crippen molar-refractivity contribution in [3.05, 3.63) is 28.4 Å². The van der Waals surface area contributed by atoms with Gasteiger partial charge in [0.25, 0.3) is 0 Å².